The zero-order valence-electron chi connectivity index (χ0n) is 14.1. The Balaban J connectivity index is 2.22. The Morgan fingerprint density at radius 1 is 1.32 bits per heavy atom. The molecular weight excluding hydrogens is 346 g/mol. The van der Waals surface area contributed by atoms with Crippen LogP contribution in [0.15, 0.2) is 30.5 Å². The topological polar surface area (TPSA) is 118 Å². The van der Waals surface area contributed by atoms with E-state index in [0.717, 1.165) is 0 Å². The molecule has 1 aromatic carbocycles. The number of nitrogens with zero attached hydrogens (tertiary/aromatic N) is 2. The van der Waals surface area contributed by atoms with Gasteiger partial charge in [-0.05, 0) is 39.0 Å². The summed E-state index contributed by atoms with van der Waals surface area (Å²) in [6.45, 7) is 4.66. The van der Waals surface area contributed by atoms with Crippen LogP contribution < -0.4 is 5.32 Å². The third-order valence-electron chi connectivity index (χ3n) is 3.67. The number of carboxylic acids is 1. The van der Waals surface area contributed by atoms with Crippen molar-refractivity contribution in [2.24, 2.45) is 0 Å². The monoisotopic (exact) mass is 365 g/mol. The predicted molar refractivity (Wildman–Crippen MR) is 92.8 cm³/mol. The van der Waals surface area contributed by atoms with E-state index in [1.165, 1.54) is 24.7 Å². The predicted octanol–water partition coefficient (Wildman–Crippen LogP) is 1.64. The summed E-state index contributed by atoms with van der Waals surface area (Å²) >= 11 is 0. The van der Waals surface area contributed by atoms with E-state index in [0.29, 0.717) is 17.1 Å². The Morgan fingerprint density at radius 3 is 2.56 bits per heavy atom. The Bertz CT molecular complexity index is 916. The van der Waals surface area contributed by atoms with Crippen molar-refractivity contribution in [1.29, 1.82) is 0 Å². The van der Waals surface area contributed by atoms with Gasteiger partial charge in [0.2, 0.25) is 5.91 Å². The number of hydrogen-bond acceptors (Lipinski definition) is 5. The molecule has 1 amide bonds. The number of sulfone groups is 1. The molecule has 0 spiro atoms. The minimum atomic E-state index is -3.49. The van der Waals surface area contributed by atoms with Crippen LogP contribution in [0.1, 0.15) is 29.9 Å². The van der Waals surface area contributed by atoms with Crippen molar-refractivity contribution in [2.45, 2.75) is 26.0 Å². The number of carboxylic acid groups (broad SMARTS) is 1. The van der Waals surface area contributed by atoms with Gasteiger partial charge in [-0.3, -0.25) is 4.79 Å². The Hall–Kier alpha value is -2.68. The van der Waals surface area contributed by atoms with Crippen LogP contribution in [0, 0.1) is 6.92 Å². The zero-order valence-corrected chi connectivity index (χ0v) is 14.9. The first kappa shape index (κ1) is 18.7. The molecule has 2 N–H and O–H groups in total. The summed E-state index contributed by atoms with van der Waals surface area (Å²) in [6, 6.07) is 6.56. The molecule has 1 aromatic heterocycles. The molecule has 0 atom stereocenters. The fourth-order valence-corrected chi connectivity index (χ4v) is 2.91. The maximum Gasteiger partial charge on any atom is 0.339 e. The standard InChI is InChI=1S/C16H19N3O5S/c1-10(2)25(23,24)9-15(20)18-12-5-4-6-13(7-12)19-11(3)14(8-17-19)16(21)22/h4-8,10H,9H2,1-3H3,(H,18,20)(H,21,22). The quantitative estimate of drug-likeness (QED) is 0.803. The van der Waals surface area contributed by atoms with Crippen LogP contribution in [0.3, 0.4) is 0 Å². The molecule has 0 unspecified atom stereocenters. The third kappa shape index (κ3) is 4.24. The van der Waals surface area contributed by atoms with Gasteiger partial charge in [-0.25, -0.2) is 17.9 Å². The highest BCUT2D eigenvalue weighted by Crippen LogP contribution is 2.18. The number of anilines is 1. The highest BCUT2D eigenvalue weighted by Gasteiger charge is 2.21. The second-order valence-electron chi connectivity index (χ2n) is 5.82. The van der Waals surface area contributed by atoms with Crippen molar-refractivity contribution in [2.75, 3.05) is 11.1 Å². The maximum atomic E-state index is 12.0. The lowest BCUT2D eigenvalue weighted by molar-refractivity contribution is -0.113. The molecule has 0 saturated carbocycles. The number of rotatable bonds is 6. The van der Waals surface area contributed by atoms with E-state index in [9.17, 15) is 18.0 Å². The van der Waals surface area contributed by atoms with Crippen molar-refractivity contribution >= 4 is 27.4 Å². The lowest BCUT2D eigenvalue weighted by Gasteiger charge is -2.10. The van der Waals surface area contributed by atoms with Gasteiger partial charge < -0.3 is 10.4 Å². The van der Waals surface area contributed by atoms with Gasteiger partial charge in [0.15, 0.2) is 9.84 Å². The number of aromatic nitrogens is 2. The van der Waals surface area contributed by atoms with Gasteiger partial charge in [-0.15, -0.1) is 0 Å². The number of aromatic carboxylic acids is 1. The van der Waals surface area contributed by atoms with Gasteiger partial charge in [0, 0.05) is 5.69 Å². The van der Waals surface area contributed by atoms with E-state index in [1.807, 2.05) is 0 Å². The van der Waals surface area contributed by atoms with Crippen LogP contribution in [0.2, 0.25) is 0 Å². The molecular formula is C16H19N3O5S. The highest BCUT2D eigenvalue weighted by molar-refractivity contribution is 7.92. The number of carbonyl (C=O) groups is 2. The normalized spacial score (nSPS) is 11.5. The molecule has 0 aliphatic carbocycles. The smallest absolute Gasteiger partial charge is 0.339 e. The number of benzene rings is 1. The van der Waals surface area contributed by atoms with Gasteiger partial charge in [0.25, 0.3) is 0 Å². The molecule has 0 aliphatic heterocycles. The highest BCUT2D eigenvalue weighted by atomic mass is 32.2. The average molecular weight is 365 g/mol. The summed E-state index contributed by atoms with van der Waals surface area (Å²) in [7, 11) is -3.49. The number of hydrogen-bond donors (Lipinski definition) is 2. The Labute approximate surface area is 145 Å². The second-order valence-corrected chi connectivity index (χ2v) is 8.37. The largest absolute Gasteiger partial charge is 0.478 e. The fraction of sp³-hybridized carbons (Fsp3) is 0.312. The fourth-order valence-electron chi connectivity index (χ4n) is 2.14. The minimum absolute atomic E-state index is 0.0810. The number of carbonyl (C=O) groups excluding carboxylic acids is 1. The molecule has 2 aromatic rings. The minimum Gasteiger partial charge on any atom is -0.478 e. The van der Waals surface area contributed by atoms with Crippen LogP contribution in [-0.2, 0) is 14.6 Å². The van der Waals surface area contributed by atoms with Gasteiger partial charge in [0.1, 0.15) is 11.3 Å². The zero-order chi connectivity index (χ0) is 18.8. The van der Waals surface area contributed by atoms with Gasteiger partial charge >= 0.3 is 5.97 Å². The Morgan fingerprint density at radius 2 is 2.00 bits per heavy atom. The lowest BCUT2D eigenvalue weighted by Crippen LogP contribution is -2.27. The summed E-state index contributed by atoms with van der Waals surface area (Å²) in [5.41, 5.74) is 1.47. The molecule has 25 heavy (non-hydrogen) atoms. The van der Waals surface area contributed by atoms with E-state index in [1.54, 1.807) is 31.2 Å². The molecule has 1 heterocycles. The first-order valence-electron chi connectivity index (χ1n) is 7.51. The van der Waals surface area contributed by atoms with Crippen LogP contribution in [0.25, 0.3) is 5.69 Å². The average Bonchev–Trinajstić information content (AvgIpc) is 2.88. The third-order valence-corrected chi connectivity index (χ3v) is 5.77. The lowest BCUT2D eigenvalue weighted by atomic mass is 10.2. The summed E-state index contributed by atoms with van der Waals surface area (Å²) in [6.07, 6.45) is 1.25. The first-order valence-corrected chi connectivity index (χ1v) is 9.23. The molecule has 0 bridgehead atoms. The summed E-state index contributed by atoms with van der Waals surface area (Å²) < 4.78 is 25.0. The van der Waals surface area contributed by atoms with Crippen LogP contribution in [0.4, 0.5) is 5.69 Å². The van der Waals surface area contributed by atoms with Crippen LogP contribution in [-0.4, -0.2) is 46.2 Å². The summed E-state index contributed by atoms with van der Waals surface area (Å²) in [5, 5.41) is 15.0. The van der Waals surface area contributed by atoms with E-state index in [4.69, 9.17) is 5.11 Å². The van der Waals surface area contributed by atoms with E-state index >= 15 is 0 Å². The summed E-state index contributed by atoms with van der Waals surface area (Å²) in [5.74, 6) is -2.31. The maximum absolute atomic E-state index is 12.0. The van der Waals surface area contributed by atoms with Crippen molar-refractivity contribution in [3.05, 3.63) is 41.7 Å². The molecule has 134 valence electrons. The van der Waals surface area contributed by atoms with Crippen molar-refractivity contribution in [3.63, 3.8) is 0 Å². The molecule has 0 radical (unpaired) electrons. The van der Waals surface area contributed by atoms with Gasteiger partial charge in [-0.1, -0.05) is 6.07 Å². The second kappa shape index (κ2) is 7.06. The van der Waals surface area contributed by atoms with E-state index in [-0.39, 0.29) is 5.56 Å². The number of amides is 1. The van der Waals surface area contributed by atoms with Crippen LogP contribution >= 0.6 is 0 Å². The molecule has 9 heteroatoms. The summed E-state index contributed by atoms with van der Waals surface area (Å²) in [4.78, 5) is 23.0. The Kier molecular flexibility index (Phi) is 5.27. The van der Waals surface area contributed by atoms with E-state index < -0.39 is 32.7 Å². The molecule has 2 rings (SSSR count). The first-order chi connectivity index (χ1) is 11.6. The van der Waals surface area contributed by atoms with Crippen LogP contribution in [0.5, 0.6) is 0 Å². The number of nitrogens with one attached hydrogen (secondary N) is 1. The SMILES string of the molecule is Cc1c(C(=O)O)cnn1-c1cccc(NC(=O)CS(=O)(=O)C(C)C)c1. The molecule has 0 aliphatic rings. The van der Waals surface area contributed by atoms with Gasteiger partial charge in [0.05, 0.1) is 22.8 Å². The molecule has 0 saturated heterocycles. The molecule has 8 nitrogen and oxygen atoms in total. The molecule has 0 fully saturated rings. The van der Waals surface area contributed by atoms with Crippen molar-refractivity contribution in [3.8, 4) is 5.69 Å². The van der Waals surface area contributed by atoms with E-state index in [2.05, 4.69) is 10.4 Å². The van der Waals surface area contributed by atoms with Gasteiger partial charge in [-0.2, -0.15) is 5.10 Å². The van der Waals surface area contributed by atoms with Crippen molar-refractivity contribution in [1.82, 2.24) is 9.78 Å². The van der Waals surface area contributed by atoms with Crippen molar-refractivity contribution < 1.29 is 23.1 Å².